The van der Waals surface area contributed by atoms with Gasteiger partial charge in [0.15, 0.2) is 0 Å². The molecule has 1 aromatic carbocycles. The predicted molar refractivity (Wildman–Crippen MR) is 79.3 cm³/mol. The number of anilines is 1. The molecule has 1 N–H and O–H groups in total. The van der Waals surface area contributed by atoms with E-state index in [1.807, 2.05) is 0 Å². The Bertz CT molecular complexity index is 362. The monoisotopic (exact) mass is 246 g/mol. The normalized spacial score (nSPS) is 17.1. The van der Waals surface area contributed by atoms with Crippen molar-refractivity contribution >= 4 is 5.69 Å². The Labute approximate surface area is 111 Å². The van der Waals surface area contributed by atoms with Gasteiger partial charge in [0.1, 0.15) is 0 Å². The number of likely N-dealkylation sites (N-methyl/N-ethyl adjacent to an activating group) is 1. The zero-order chi connectivity index (χ0) is 12.8. The van der Waals surface area contributed by atoms with Gasteiger partial charge in [-0.05, 0) is 43.9 Å². The van der Waals surface area contributed by atoms with E-state index in [1.165, 1.54) is 43.5 Å². The number of nitrogens with zero attached hydrogens (tertiary/aromatic N) is 1. The van der Waals surface area contributed by atoms with Gasteiger partial charge in [0.05, 0.1) is 0 Å². The maximum Gasteiger partial charge on any atom is 0.0412 e. The average Bonchev–Trinajstić information content (AvgIpc) is 2.63. The van der Waals surface area contributed by atoms with Crippen molar-refractivity contribution in [1.82, 2.24) is 5.32 Å². The second-order valence-electron chi connectivity index (χ2n) is 5.15. The number of hydrogen-bond acceptors (Lipinski definition) is 2. The fraction of sp³-hybridized carbons (Fsp3) is 0.625. The van der Waals surface area contributed by atoms with E-state index < -0.39 is 0 Å². The molecule has 0 saturated carbocycles. The van der Waals surface area contributed by atoms with Crippen LogP contribution in [0.3, 0.4) is 0 Å². The maximum absolute atomic E-state index is 3.51. The highest BCUT2D eigenvalue weighted by molar-refractivity contribution is 5.55. The number of aryl methyl sites for hydroxylation is 1. The van der Waals surface area contributed by atoms with Crippen LogP contribution in [0.2, 0.25) is 0 Å². The van der Waals surface area contributed by atoms with Gasteiger partial charge in [0, 0.05) is 24.8 Å². The Hall–Kier alpha value is -1.02. The third-order valence-electron chi connectivity index (χ3n) is 3.94. The molecular formula is C16H26N2. The van der Waals surface area contributed by atoms with Gasteiger partial charge in [-0.15, -0.1) is 0 Å². The zero-order valence-corrected chi connectivity index (χ0v) is 11.8. The molecule has 2 nitrogen and oxygen atoms in total. The summed E-state index contributed by atoms with van der Waals surface area (Å²) in [5, 5.41) is 3.51. The molecule has 2 heteroatoms. The summed E-state index contributed by atoms with van der Waals surface area (Å²) in [5.41, 5.74) is 3.00. The van der Waals surface area contributed by atoms with Crippen molar-refractivity contribution in [3.8, 4) is 0 Å². The summed E-state index contributed by atoms with van der Waals surface area (Å²) in [5.74, 6) is 0. The largest absolute Gasteiger partial charge is 0.367 e. The van der Waals surface area contributed by atoms with Gasteiger partial charge in [-0.2, -0.15) is 0 Å². The Morgan fingerprint density at radius 2 is 2.06 bits per heavy atom. The van der Waals surface area contributed by atoms with Crippen LogP contribution < -0.4 is 10.2 Å². The summed E-state index contributed by atoms with van der Waals surface area (Å²) in [7, 11) is 0. The Morgan fingerprint density at radius 1 is 1.22 bits per heavy atom. The quantitative estimate of drug-likeness (QED) is 0.858. The molecule has 0 radical (unpaired) electrons. The zero-order valence-electron chi connectivity index (χ0n) is 11.8. The highest BCUT2D eigenvalue weighted by Gasteiger charge is 2.21. The first-order chi connectivity index (χ1) is 8.86. The van der Waals surface area contributed by atoms with E-state index in [0.29, 0.717) is 6.04 Å². The first-order valence-corrected chi connectivity index (χ1v) is 7.42. The second-order valence-corrected chi connectivity index (χ2v) is 5.15. The summed E-state index contributed by atoms with van der Waals surface area (Å²) in [4.78, 5) is 2.63. The van der Waals surface area contributed by atoms with Crippen LogP contribution in [0.1, 0.15) is 38.7 Å². The maximum atomic E-state index is 3.51. The number of fused-ring (bicyclic) bond motifs is 1. The van der Waals surface area contributed by atoms with E-state index in [-0.39, 0.29) is 0 Å². The molecule has 0 aromatic heterocycles. The highest BCUT2D eigenvalue weighted by Crippen LogP contribution is 2.28. The molecule has 1 unspecified atom stereocenters. The Kier molecular flexibility index (Phi) is 5.06. The molecule has 0 amide bonds. The predicted octanol–water partition coefficient (Wildman–Crippen LogP) is 3.22. The molecule has 1 atom stereocenters. The molecule has 2 rings (SSSR count). The first-order valence-electron chi connectivity index (χ1n) is 7.42. The van der Waals surface area contributed by atoms with Crippen LogP contribution >= 0.6 is 0 Å². The number of para-hydroxylation sites is 1. The fourth-order valence-electron chi connectivity index (χ4n) is 2.89. The van der Waals surface area contributed by atoms with E-state index in [0.717, 1.165) is 13.1 Å². The van der Waals surface area contributed by atoms with Crippen molar-refractivity contribution in [3.63, 3.8) is 0 Å². The van der Waals surface area contributed by atoms with Crippen LogP contribution in [-0.4, -0.2) is 25.7 Å². The lowest BCUT2D eigenvalue weighted by atomic mass is 10.1. The Balaban J connectivity index is 2.20. The Morgan fingerprint density at radius 3 is 2.83 bits per heavy atom. The van der Waals surface area contributed by atoms with E-state index in [9.17, 15) is 0 Å². The molecule has 0 spiro atoms. The van der Waals surface area contributed by atoms with Gasteiger partial charge < -0.3 is 10.2 Å². The first kappa shape index (κ1) is 13.4. The van der Waals surface area contributed by atoms with E-state index >= 15 is 0 Å². The van der Waals surface area contributed by atoms with Crippen molar-refractivity contribution in [2.75, 3.05) is 24.5 Å². The lowest BCUT2D eigenvalue weighted by molar-refractivity contribution is 0.522. The van der Waals surface area contributed by atoms with Crippen LogP contribution in [0.4, 0.5) is 5.69 Å². The van der Waals surface area contributed by atoms with Gasteiger partial charge in [-0.25, -0.2) is 0 Å². The third-order valence-corrected chi connectivity index (χ3v) is 3.94. The van der Waals surface area contributed by atoms with Crippen molar-refractivity contribution in [2.45, 2.75) is 45.6 Å². The smallest absolute Gasteiger partial charge is 0.0412 e. The number of rotatable bonds is 5. The van der Waals surface area contributed by atoms with Crippen LogP contribution in [0.5, 0.6) is 0 Å². The lowest BCUT2D eigenvalue weighted by Crippen LogP contribution is -2.42. The van der Waals surface area contributed by atoms with Gasteiger partial charge in [-0.3, -0.25) is 0 Å². The molecule has 18 heavy (non-hydrogen) atoms. The minimum Gasteiger partial charge on any atom is -0.367 e. The van der Waals surface area contributed by atoms with Gasteiger partial charge in [0.25, 0.3) is 0 Å². The molecule has 0 aliphatic carbocycles. The van der Waals surface area contributed by atoms with Crippen LogP contribution in [-0.2, 0) is 6.42 Å². The fourth-order valence-corrected chi connectivity index (χ4v) is 2.89. The van der Waals surface area contributed by atoms with Crippen molar-refractivity contribution in [3.05, 3.63) is 29.8 Å². The SMILES string of the molecule is CCNCC(CC)N1CCCCc2ccccc21. The van der Waals surface area contributed by atoms with Gasteiger partial charge >= 0.3 is 0 Å². The van der Waals surface area contributed by atoms with Crippen LogP contribution in [0.25, 0.3) is 0 Å². The van der Waals surface area contributed by atoms with Crippen LogP contribution in [0, 0.1) is 0 Å². The highest BCUT2D eigenvalue weighted by atomic mass is 15.2. The third kappa shape index (κ3) is 3.05. The molecule has 1 heterocycles. The van der Waals surface area contributed by atoms with Crippen molar-refractivity contribution in [1.29, 1.82) is 0 Å². The standard InChI is InChI=1S/C16H26N2/c1-3-15(13-17-4-2)18-12-8-7-10-14-9-5-6-11-16(14)18/h5-6,9,11,15,17H,3-4,7-8,10,12-13H2,1-2H3. The number of nitrogens with one attached hydrogen (secondary N) is 1. The molecular weight excluding hydrogens is 220 g/mol. The van der Waals surface area contributed by atoms with Crippen molar-refractivity contribution in [2.24, 2.45) is 0 Å². The number of hydrogen-bond donors (Lipinski definition) is 1. The van der Waals surface area contributed by atoms with Crippen LogP contribution in [0.15, 0.2) is 24.3 Å². The lowest BCUT2D eigenvalue weighted by Gasteiger charge is -2.33. The molecule has 0 saturated heterocycles. The summed E-state index contributed by atoms with van der Waals surface area (Å²) >= 11 is 0. The topological polar surface area (TPSA) is 15.3 Å². The van der Waals surface area contributed by atoms with E-state index in [4.69, 9.17) is 0 Å². The minimum absolute atomic E-state index is 0.629. The second kappa shape index (κ2) is 6.79. The summed E-state index contributed by atoms with van der Waals surface area (Å²) in [6.07, 6.45) is 5.09. The number of benzene rings is 1. The molecule has 1 aliphatic rings. The molecule has 1 aromatic rings. The molecule has 0 fully saturated rings. The minimum atomic E-state index is 0.629. The summed E-state index contributed by atoms with van der Waals surface area (Å²) in [6.45, 7) is 7.85. The average molecular weight is 246 g/mol. The van der Waals surface area contributed by atoms with Gasteiger partial charge in [0.2, 0.25) is 0 Å². The molecule has 0 bridgehead atoms. The van der Waals surface area contributed by atoms with Gasteiger partial charge in [-0.1, -0.05) is 32.0 Å². The van der Waals surface area contributed by atoms with E-state index in [2.05, 4.69) is 48.3 Å². The van der Waals surface area contributed by atoms with Crippen molar-refractivity contribution < 1.29 is 0 Å². The molecule has 100 valence electrons. The summed E-state index contributed by atoms with van der Waals surface area (Å²) < 4.78 is 0. The molecule has 1 aliphatic heterocycles. The van der Waals surface area contributed by atoms with E-state index in [1.54, 1.807) is 0 Å². The summed E-state index contributed by atoms with van der Waals surface area (Å²) in [6, 6.07) is 9.58.